The molecular weight excluding hydrogens is 556 g/mol. The van der Waals surface area contributed by atoms with E-state index in [0.717, 1.165) is 57.6 Å². The molecule has 0 aliphatic heterocycles. The quantitative estimate of drug-likeness (QED) is 0.177. The average molecular weight is 587 g/mol. The largest absolute Gasteiger partial charge is 0.487 e. The first-order chi connectivity index (χ1) is 20.0. The molecule has 2 aromatic heterocycles. The van der Waals surface area contributed by atoms with E-state index in [1.54, 1.807) is 30.8 Å². The number of aryl methyl sites for hydroxylation is 1. The molecule has 0 aliphatic carbocycles. The number of carbonyl (C=O) groups is 1. The van der Waals surface area contributed by atoms with Crippen LogP contribution in [0.4, 0.5) is 0 Å². The molecule has 0 aliphatic rings. The Kier molecular flexibility index (Phi) is 9.48. The van der Waals surface area contributed by atoms with Gasteiger partial charge in [-0.3, -0.25) is 4.79 Å². The van der Waals surface area contributed by atoms with E-state index < -0.39 is 0 Å². The van der Waals surface area contributed by atoms with E-state index in [-0.39, 0.29) is 11.2 Å². The topological polar surface area (TPSA) is 96.9 Å². The summed E-state index contributed by atoms with van der Waals surface area (Å²) in [5.74, 6) is 2.28. The number of nitrogens with zero attached hydrogens (tertiary/aromatic N) is 5. The third kappa shape index (κ3) is 7.62. The van der Waals surface area contributed by atoms with Crippen molar-refractivity contribution in [2.45, 2.75) is 31.1 Å². The number of fused-ring (bicyclic) bond motifs is 1. The molecule has 1 amide bonds. The molecule has 5 rings (SSSR count). The van der Waals surface area contributed by atoms with Crippen LogP contribution >= 0.6 is 23.4 Å². The Bertz CT molecular complexity index is 1610. The summed E-state index contributed by atoms with van der Waals surface area (Å²) < 4.78 is 6.18. The number of benzene rings is 3. The van der Waals surface area contributed by atoms with E-state index in [0.29, 0.717) is 23.9 Å². The molecule has 0 fully saturated rings. The zero-order valence-electron chi connectivity index (χ0n) is 23.0. The van der Waals surface area contributed by atoms with Gasteiger partial charge in [-0.05, 0) is 64.7 Å². The summed E-state index contributed by atoms with van der Waals surface area (Å²) in [6, 6.07) is 26.0. The summed E-state index contributed by atoms with van der Waals surface area (Å²) in [7, 11) is 3.58. The number of thioether (sulfide) groups is 1. The molecule has 0 bridgehead atoms. The van der Waals surface area contributed by atoms with Crippen LogP contribution in [0.5, 0.6) is 5.75 Å². The molecule has 3 aromatic carbocycles. The van der Waals surface area contributed by atoms with Crippen LogP contribution in [0.1, 0.15) is 34.9 Å². The number of carbonyl (C=O) groups excluding carboxylic acids is 1. The molecule has 0 spiro atoms. The number of ether oxygens (including phenoxy) is 1. The number of pyridine rings is 1. The minimum absolute atomic E-state index is 0.126. The van der Waals surface area contributed by atoms with Gasteiger partial charge in [-0.2, -0.15) is 11.8 Å². The van der Waals surface area contributed by atoms with E-state index in [9.17, 15) is 4.79 Å². The molecule has 8 nitrogen and oxygen atoms in total. The molecular formula is C31H31ClN6O2S. The number of rotatable bonds is 12. The number of nitrogens with one attached hydrogen (secondary N) is 1. The fraction of sp³-hybridized carbons (Fsp3) is 0.258. The van der Waals surface area contributed by atoms with Gasteiger partial charge in [0.05, 0.1) is 11.2 Å². The number of amides is 1. The van der Waals surface area contributed by atoms with Crippen LogP contribution in [0.2, 0.25) is 5.02 Å². The van der Waals surface area contributed by atoms with Gasteiger partial charge in [0.1, 0.15) is 12.4 Å². The summed E-state index contributed by atoms with van der Waals surface area (Å²) in [5, 5.41) is 16.3. The third-order valence-corrected chi connectivity index (χ3v) is 8.34. The lowest BCUT2D eigenvalue weighted by Crippen LogP contribution is -2.21. The second-order valence-electron chi connectivity index (χ2n) is 9.84. The number of halogens is 1. The van der Waals surface area contributed by atoms with Crippen LogP contribution in [0.3, 0.4) is 0 Å². The summed E-state index contributed by atoms with van der Waals surface area (Å²) >= 11 is 7.95. The van der Waals surface area contributed by atoms with E-state index in [1.165, 1.54) is 0 Å². The summed E-state index contributed by atoms with van der Waals surface area (Å²) in [6.07, 6.45) is 2.18. The zero-order chi connectivity index (χ0) is 28.6. The summed E-state index contributed by atoms with van der Waals surface area (Å²) in [4.78, 5) is 18.6. The second kappa shape index (κ2) is 13.6. The Hall–Kier alpha value is -3.95. The van der Waals surface area contributed by atoms with Crippen molar-refractivity contribution < 1.29 is 9.53 Å². The van der Waals surface area contributed by atoms with E-state index in [4.69, 9.17) is 21.3 Å². The fourth-order valence-electron chi connectivity index (χ4n) is 4.56. The summed E-state index contributed by atoms with van der Waals surface area (Å²) in [6.45, 7) is 0.347. The van der Waals surface area contributed by atoms with E-state index in [2.05, 4.69) is 38.8 Å². The Morgan fingerprint density at radius 2 is 1.90 bits per heavy atom. The van der Waals surface area contributed by atoms with Gasteiger partial charge in [-0.25, -0.2) is 10.1 Å². The highest BCUT2D eigenvalue weighted by atomic mass is 35.5. The van der Waals surface area contributed by atoms with Gasteiger partial charge in [0.2, 0.25) is 5.91 Å². The average Bonchev–Trinajstić information content (AvgIpc) is 3.53. The second-order valence-corrected chi connectivity index (χ2v) is 11.6. The van der Waals surface area contributed by atoms with Gasteiger partial charge in [0, 0.05) is 47.5 Å². The van der Waals surface area contributed by atoms with Crippen molar-refractivity contribution in [3.8, 4) is 17.1 Å². The van der Waals surface area contributed by atoms with Crippen LogP contribution in [-0.4, -0.2) is 56.3 Å². The molecule has 0 saturated heterocycles. The van der Waals surface area contributed by atoms with Gasteiger partial charge in [0.25, 0.3) is 0 Å². The zero-order valence-corrected chi connectivity index (χ0v) is 24.5. The number of aromatic amines is 1. The number of tetrazole rings is 1. The molecule has 0 radical (unpaired) electrons. The Morgan fingerprint density at radius 3 is 2.73 bits per heavy atom. The van der Waals surface area contributed by atoms with Crippen molar-refractivity contribution in [2.24, 2.45) is 0 Å². The SMILES string of the molecule is CN(C)C(=O)CCSC(CCc1ccccc1-c1nnn[nH]1)c1cccc(OCc2ccc3ccc(Cl)cc3n2)c1. The first-order valence-corrected chi connectivity index (χ1v) is 14.8. The van der Waals surface area contributed by atoms with Crippen molar-refractivity contribution in [1.29, 1.82) is 0 Å². The monoisotopic (exact) mass is 586 g/mol. The molecule has 210 valence electrons. The summed E-state index contributed by atoms with van der Waals surface area (Å²) in [5.41, 5.74) is 4.98. The molecule has 1 unspecified atom stereocenters. The maximum atomic E-state index is 12.2. The molecule has 1 atom stereocenters. The standard InChI is InChI=1S/C31H31ClN6O2S/c1-38(2)30(39)16-17-41-29(15-12-21-6-3-4-9-27(21)31-34-36-37-35-31)23-7-5-8-26(18-23)40-20-25-14-11-22-10-13-24(32)19-28(22)33-25/h3-11,13-14,18-19,29H,12,15-17,20H2,1-2H3,(H,34,35,36,37). The number of hydrogen-bond donors (Lipinski definition) is 1. The lowest BCUT2D eigenvalue weighted by atomic mass is 9.99. The highest BCUT2D eigenvalue weighted by Crippen LogP contribution is 2.36. The molecule has 1 N–H and O–H groups in total. The number of aromatic nitrogens is 5. The predicted molar refractivity (Wildman–Crippen MR) is 164 cm³/mol. The minimum atomic E-state index is 0.126. The number of H-pyrrole nitrogens is 1. The fourth-order valence-corrected chi connectivity index (χ4v) is 5.93. The lowest BCUT2D eigenvalue weighted by molar-refractivity contribution is -0.128. The van der Waals surface area contributed by atoms with Crippen molar-refractivity contribution in [3.05, 3.63) is 101 Å². The van der Waals surface area contributed by atoms with Gasteiger partial charge in [0.15, 0.2) is 5.82 Å². The Labute approximate surface area is 248 Å². The van der Waals surface area contributed by atoms with Gasteiger partial charge < -0.3 is 9.64 Å². The highest BCUT2D eigenvalue weighted by molar-refractivity contribution is 7.99. The molecule has 0 saturated carbocycles. The third-order valence-electron chi connectivity index (χ3n) is 6.76. The Balaban J connectivity index is 1.31. The first-order valence-electron chi connectivity index (χ1n) is 13.4. The number of hydrogen-bond acceptors (Lipinski definition) is 7. The van der Waals surface area contributed by atoms with Crippen molar-refractivity contribution >= 4 is 40.2 Å². The van der Waals surface area contributed by atoms with Crippen LogP contribution < -0.4 is 4.74 Å². The first kappa shape index (κ1) is 28.6. The van der Waals surface area contributed by atoms with Crippen LogP contribution in [0.15, 0.2) is 78.9 Å². The maximum Gasteiger partial charge on any atom is 0.222 e. The molecule has 41 heavy (non-hydrogen) atoms. The van der Waals surface area contributed by atoms with Crippen molar-refractivity contribution in [2.75, 3.05) is 19.8 Å². The molecule has 2 heterocycles. The predicted octanol–water partition coefficient (Wildman–Crippen LogP) is 6.53. The van der Waals surface area contributed by atoms with E-state index in [1.807, 2.05) is 60.7 Å². The smallest absolute Gasteiger partial charge is 0.222 e. The highest BCUT2D eigenvalue weighted by Gasteiger charge is 2.17. The van der Waals surface area contributed by atoms with Crippen molar-refractivity contribution in [3.63, 3.8) is 0 Å². The van der Waals surface area contributed by atoms with Gasteiger partial charge in [-0.15, -0.1) is 5.10 Å². The van der Waals surface area contributed by atoms with Crippen molar-refractivity contribution in [1.82, 2.24) is 30.5 Å². The minimum Gasteiger partial charge on any atom is -0.487 e. The van der Waals surface area contributed by atoms with E-state index >= 15 is 0 Å². The Morgan fingerprint density at radius 1 is 1.05 bits per heavy atom. The van der Waals surface area contributed by atoms with Crippen LogP contribution in [0.25, 0.3) is 22.3 Å². The normalized spacial score (nSPS) is 11.9. The maximum absolute atomic E-state index is 12.2. The molecule has 5 aromatic rings. The molecule has 10 heteroatoms. The van der Waals surface area contributed by atoms with Gasteiger partial charge >= 0.3 is 0 Å². The van der Waals surface area contributed by atoms with Crippen LogP contribution in [0, 0.1) is 0 Å². The van der Waals surface area contributed by atoms with Gasteiger partial charge in [-0.1, -0.05) is 60.1 Å². The van der Waals surface area contributed by atoms with Crippen LogP contribution in [-0.2, 0) is 17.8 Å². The lowest BCUT2D eigenvalue weighted by Gasteiger charge is -2.19.